The highest BCUT2D eigenvalue weighted by Gasteiger charge is 2.15. The molecular weight excluding hydrogens is 328 g/mol. The Morgan fingerprint density at radius 3 is 2.42 bits per heavy atom. The van der Waals surface area contributed by atoms with Gasteiger partial charge in [0.25, 0.3) is 0 Å². The Balaban J connectivity index is 1.82. The molecule has 0 radical (unpaired) electrons. The zero-order valence-corrected chi connectivity index (χ0v) is 13.5. The number of halogens is 1. The molecular formula is C19H15ClO4. The second-order valence-electron chi connectivity index (χ2n) is 5.30. The van der Waals surface area contributed by atoms with Crippen LogP contribution in [0.5, 0.6) is 11.5 Å². The standard InChI is InChI=1S/C19H15ClO4/c20-16-8-6-13(7-9-16)10-15-12-24-19(22)18(17(15)21)23-11-14-4-2-1-3-5-14/h1-9,12,21H,10-11H2. The van der Waals surface area contributed by atoms with Crippen molar-refractivity contribution in [3.8, 4) is 11.5 Å². The highest BCUT2D eigenvalue weighted by Crippen LogP contribution is 2.29. The lowest BCUT2D eigenvalue weighted by Gasteiger charge is -2.10. The molecule has 2 aromatic carbocycles. The van der Waals surface area contributed by atoms with Crippen LogP contribution >= 0.6 is 11.6 Å². The first-order valence-corrected chi connectivity index (χ1v) is 7.76. The maximum Gasteiger partial charge on any atom is 0.382 e. The average Bonchev–Trinajstić information content (AvgIpc) is 2.60. The lowest BCUT2D eigenvalue weighted by Crippen LogP contribution is -2.08. The van der Waals surface area contributed by atoms with Gasteiger partial charge in [0.05, 0.1) is 0 Å². The van der Waals surface area contributed by atoms with E-state index in [4.69, 9.17) is 20.8 Å². The van der Waals surface area contributed by atoms with E-state index in [1.165, 1.54) is 6.26 Å². The van der Waals surface area contributed by atoms with E-state index in [2.05, 4.69) is 0 Å². The zero-order valence-electron chi connectivity index (χ0n) is 12.7. The van der Waals surface area contributed by atoms with Crippen molar-refractivity contribution in [2.45, 2.75) is 13.0 Å². The second-order valence-corrected chi connectivity index (χ2v) is 5.74. The Hall–Kier alpha value is -2.72. The Morgan fingerprint density at radius 1 is 1.00 bits per heavy atom. The van der Waals surface area contributed by atoms with Crippen molar-refractivity contribution in [2.75, 3.05) is 0 Å². The van der Waals surface area contributed by atoms with Crippen LogP contribution in [0.1, 0.15) is 16.7 Å². The first kappa shape index (κ1) is 16.1. The fraction of sp³-hybridized carbons (Fsp3) is 0.105. The minimum Gasteiger partial charge on any atom is -0.504 e. The van der Waals surface area contributed by atoms with Crippen molar-refractivity contribution >= 4 is 11.6 Å². The Kier molecular flexibility index (Phi) is 4.87. The first-order chi connectivity index (χ1) is 11.6. The maximum atomic E-state index is 11.8. The highest BCUT2D eigenvalue weighted by molar-refractivity contribution is 6.30. The van der Waals surface area contributed by atoms with E-state index in [9.17, 15) is 9.90 Å². The van der Waals surface area contributed by atoms with E-state index in [0.29, 0.717) is 17.0 Å². The summed E-state index contributed by atoms with van der Waals surface area (Å²) in [4.78, 5) is 11.8. The van der Waals surface area contributed by atoms with Crippen LogP contribution < -0.4 is 10.4 Å². The van der Waals surface area contributed by atoms with Gasteiger partial charge in [0, 0.05) is 17.0 Å². The van der Waals surface area contributed by atoms with E-state index in [-0.39, 0.29) is 18.1 Å². The van der Waals surface area contributed by atoms with Gasteiger partial charge in [-0.15, -0.1) is 0 Å². The summed E-state index contributed by atoms with van der Waals surface area (Å²) in [6.45, 7) is 0.170. The van der Waals surface area contributed by atoms with Crippen molar-refractivity contribution in [1.82, 2.24) is 0 Å². The third-order valence-electron chi connectivity index (χ3n) is 3.55. The van der Waals surface area contributed by atoms with Crippen LogP contribution in [-0.2, 0) is 13.0 Å². The van der Waals surface area contributed by atoms with Crippen molar-refractivity contribution < 1.29 is 14.3 Å². The van der Waals surface area contributed by atoms with Gasteiger partial charge in [-0.1, -0.05) is 54.1 Å². The number of benzene rings is 2. The Bertz CT molecular complexity index is 870. The predicted molar refractivity (Wildman–Crippen MR) is 91.7 cm³/mol. The van der Waals surface area contributed by atoms with Gasteiger partial charge in [-0.25, -0.2) is 4.79 Å². The van der Waals surface area contributed by atoms with Crippen LogP contribution in [0.3, 0.4) is 0 Å². The lowest BCUT2D eigenvalue weighted by molar-refractivity contribution is 0.268. The third kappa shape index (κ3) is 3.78. The zero-order chi connectivity index (χ0) is 16.9. The number of hydrogen-bond acceptors (Lipinski definition) is 4. The molecule has 0 aliphatic carbocycles. The largest absolute Gasteiger partial charge is 0.504 e. The monoisotopic (exact) mass is 342 g/mol. The van der Waals surface area contributed by atoms with Crippen molar-refractivity contribution in [3.63, 3.8) is 0 Å². The number of ether oxygens (including phenoxy) is 1. The minimum absolute atomic E-state index is 0.170. The summed E-state index contributed by atoms with van der Waals surface area (Å²) in [7, 11) is 0. The minimum atomic E-state index is -0.705. The number of rotatable bonds is 5. The summed E-state index contributed by atoms with van der Waals surface area (Å²) < 4.78 is 10.5. The van der Waals surface area contributed by atoms with E-state index >= 15 is 0 Å². The van der Waals surface area contributed by atoms with Gasteiger partial charge in [-0.3, -0.25) is 0 Å². The molecule has 0 saturated heterocycles. The Morgan fingerprint density at radius 2 is 1.71 bits per heavy atom. The van der Waals surface area contributed by atoms with E-state index in [0.717, 1.165) is 11.1 Å². The molecule has 1 N–H and O–H groups in total. The van der Waals surface area contributed by atoms with E-state index in [1.807, 2.05) is 42.5 Å². The predicted octanol–water partition coefficient (Wildman–Crippen LogP) is 4.17. The van der Waals surface area contributed by atoms with Gasteiger partial charge >= 0.3 is 5.63 Å². The summed E-state index contributed by atoms with van der Waals surface area (Å²) in [6, 6.07) is 16.6. The van der Waals surface area contributed by atoms with Gasteiger partial charge in [0.15, 0.2) is 5.75 Å². The van der Waals surface area contributed by atoms with Crippen LogP contribution in [0.25, 0.3) is 0 Å². The summed E-state index contributed by atoms with van der Waals surface area (Å²) in [5, 5.41) is 11.0. The fourth-order valence-electron chi connectivity index (χ4n) is 2.28. The molecule has 3 rings (SSSR count). The quantitative estimate of drug-likeness (QED) is 0.756. The molecule has 0 aliphatic heterocycles. The molecule has 4 nitrogen and oxygen atoms in total. The Labute approximate surface area is 143 Å². The summed E-state index contributed by atoms with van der Waals surface area (Å²) >= 11 is 5.86. The normalized spacial score (nSPS) is 10.5. The molecule has 0 spiro atoms. The van der Waals surface area contributed by atoms with Gasteiger partial charge in [-0.05, 0) is 23.3 Å². The molecule has 0 atom stereocenters. The lowest BCUT2D eigenvalue weighted by atomic mass is 10.1. The molecule has 0 bridgehead atoms. The fourth-order valence-corrected chi connectivity index (χ4v) is 2.41. The van der Waals surface area contributed by atoms with Crippen LogP contribution in [0, 0.1) is 0 Å². The van der Waals surface area contributed by atoms with Gasteiger partial charge in [-0.2, -0.15) is 0 Å². The van der Waals surface area contributed by atoms with Crippen molar-refractivity contribution in [1.29, 1.82) is 0 Å². The molecule has 122 valence electrons. The summed E-state index contributed by atoms with van der Waals surface area (Å²) in [5.41, 5.74) is 1.58. The smallest absolute Gasteiger partial charge is 0.382 e. The van der Waals surface area contributed by atoms with Crippen LogP contribution in [0.15, 0.2) is 70.1 Å². The SMILES string of the molecule is O=c1occ(Cc2ccc(Cl)cc2)c(O)c1OCc1ccccc1. The van der Waals surface area contributed by atoms with Crippen molar-refractivity contribution in [2.24, 2.45) is 0 Å². The molecule has 1 aromatic heterocycles. The summed E-state index contributed by atoms with van der Waals surface area (Å²) in [5.74, 6) is -0.373. The van der Waals surface area contributed by atoms with Crippen LogP contribution in [0.4, 0.5) is 0 Å². The summed E-state index contributed by atoms with van der Waals surface area (Å²) in [6.07, 6.45) is 1.65. The molecule has 0 amide bonds. The van der Waals surface area contributed by atoms with Gasteiger partial charge < -0.3 is 14.3 Å². The molecule has 3 aromatic rings. The average molecular weight is 343 g/mol. The molecule has 0 aliphatic rings. The molecule has 1 heterocycles. The van der Waals surface area contributed by atoms with Crippen LogP contribution in [-0.4, -0.2) is 5.11 Å². The van der Waals surface area contributed by atoms with Crippen LogP contribution in [0.2, 0.25) is 5.02 Å². The topological polar surface area (TPSA) is 59.7 Å². The molecule has 5 heteroatoms. The van der Waals surface area contributed by atoms with E-state index < -0.39 is 5.63 Å². The third-order valence-corrected chi connectivity index (χ3v) is 3.80. The van der Waals surface area contributed by atoms with E-state index in [1.54, 1.807) is 12.1 Å². The number of hydrogen-bond donors (Lipinski definition) is 1. The molecule has 0 unspecified atom stereocenters. The van der Waals surface area contributed by atoms with Crippen molar-refractivity contribution in [3.05, 3.63) is 93.0 Å². The van der Waals surface area contributed by atoms with Gasteiger partial charge in [0.2, 0.25) is 5.75 Å². The molecule has 24 heavy (non-hydrogen) atoms. The number of aromatic hydroxyl groups is 1. The highest BCUT2D eigenvalue weighted by atomic mass is 35.5. The van der Waals surface area contributed by atoms with Gasteiger partial charge in [0.1, 0.15) is 12.9 Å². The maximum absolute atomic E-state index is 11.8. The molecule has 0 fully saturated rings. The second kappa shape index (κ2) is 7.23. The first-order valence-electron chi connectivity index (χ1n) is 7.38. The molecule has 0 saturated carbocycles.